The van der Waals surface area contributed by atoms with Crippen LogP contribution in [0.2, 0.25) is 0 Å². The maximum absolute atomic E-state index is 9.34. The van der Waals surface area contributed by atoms with Gasteiger partial charge in [0.05, 0.1) is 6.10 Å². The van der Waals surface area contributed by atoms with Crippen LogP contribution in [0.25, 0.3) is 0 Å². The molecule has 1 heterocycles. The molecule has 1 saturated carbocycles. The predicted octanol–water partition coefficient (Wildman–Crippen LogP) is 1.17. The van der Waals surface area contributed by atoms with Gasteiger partial charge >= 0.3 is 0 Å². The molecule has 1 aliphatic carbocycles. The monoisotopic (exact) mass is 249 g/mol. The van der Waals surface area contributed by atoms with Crippen molar-refractivity contribution < 1.29 is 5.11 Å². The zero-order valence-corrected chi connectivity index (χ0v) is 11.2. The summed E-state index contributed by atoms with van der Waals surface area (Å²) in [7, 11) is 2.11. The van der Waals surface area contributed by atoms with Gasteiger partial charge in [0.25, 0.3) is 0 Å². The summed E-state index contributed by atoms with van der Waals surface area (Å²) in [5, 5.41) is 9.34. The third-order valence-electron chi connectivity index (χ3n) is 3.78. The first-order chi connectivity index (χ1) is 8.58. The van der Waals surface area contributed by atoms with E-state index in [1.807, 2.05) is 31.5 Å². The van der Waals surface area contributed by atoms with Crippen LogP contribution in [0.4, 0.5) is 0 Å². The molecule has 0 radical (unpaired) electrons. The molecular formula is C14H23N3O. The first-order valence-corrected chi connectivity index (χ1v) is 6.61. The van der Waals surface area contributed by atoms with Crippen molar-refractivity contribution in [1.82, 2.24) is 9.88 Å². The summed E-state index contributed by atoms with van der Waals surface area (Å²) >= 11 is 0. The number of nitrogens with two attached hydrogens (primary N) is 1. The van der Waals surface area contributed by atoms with Crippen molar-refractivity contribution in [2.75, 3.05) is 13.6 Å². The third kappa shape index (κ3) is 3.07. The molecule has 2 atom stereocenters. The van der Waals surface area contributed by atoms with Gasteiger partial charge in [-0.3, -0.25) is 9.88 Å². The number of aliphatic hydroxyl groups is 1. The summed E-state index contributed by atoms with van der Waals surface area (Å²) in [6.45, 7) is 3.03. The predicted molar refractivity (Wildman–Crippen MR) is 72.0 cm³/mol. The molecule has 2 unspecified atom stereocenters. The highest BCUT2D eigenvalue weighted by atomic mass is 16.3. The van der Waals surface area contributed by atoms with Crippen molar-refractivity contribution in [3.8, 4) is 0 Å². The smallest absolute Gasteiger partial charge is 0.0546 e. The van der Waals surface area contributed by atoms with Gasteiger partial charge in [-0.05, 0) is 50.4 Å². The van der Waals surface area contributed by atoms with E-state index in [-0.39, 0.29) is 18.2 Å². The fraction of sp³-hybridized carbons (Fsp3) is 0.643. The second kappa shape index (κ2) is 5.78. The highest BCUT2D eigenvalue weighted by Gasteiger charge is 2.30. The standard InChI is InChI=1S/C14H23N3O/c1-10(15)14(12-3-5-16-6-4-12)17(2)9-11-7-13(18)8-11/h3-6,10-11,13-14,18H,7-9,15H2,1-2H3. The van der Waals surface area contributed by atoms with Gasteiger partial charge in [0.1, 0.15) is 0 Å². The number of nitrogens with zero attached hydrogens (tertiary/aromatic N) is 2. The van der Waals surface area contributed by atoms with Crippen molar-refractivity contribution in [1.29, 1.82) is 0 Å². The Morgan fingerprint density at radius 2 is 2.06 bits per heavy atom. The van der Waals surface area contributed by atoms with E-state index in [2.05, 4.69) is 16.9 Å². The lowest BCUT2D eigenvalue weighted by molar-refractivity contribution is 0.0203. The Labute approximate surface area is 109 Å². The van der Waals surface area contributed by atoms with Crippen molar-refractivity contribution in [2.24, 2.45) is 11.7 Å². The van der Waals surface area contributed by atoms with Crippen molar-refractivity contribution in [3.05, 3.63) is 30.1 Å². The second-order valence-electron chi connectivity index (χ2n) is 5.52. The van der Waals surface area contributed by atoms with E-state index >= 15 is 0 Å². The summed E-state index contributed by atoms with van der Waals surface area (Å²) in [6, 6.07) is 4.34. The van der Waals surface area contributed by atoms with E-state index in [4.69, 9.17) is 5.73 Å². The van der Waals surface area contributed by atoms with Crippen molar-refractivity contribution in [2.45, 2.75) is 38.0 Å². The quantitative estimate of drug-likeness (QED) is 0.822. The molecule has 4 heteroatoms. The number of rotatable bonds is 5. The highest BCUT2D eigenvalue weighted by molar-refractivity contribution is 5.17. The minimum Gasteiger partial charge on any atom is -0.393 e. The zero-order chi connectivity index (χ0) is 13.1. The van der Waals surface area contributed by atoms with Crippen LogP contribution in [0, 0.1) is 5.92 Å². The van der Waals surface area contributed by atoms with Crippen molar-refractivity contribution >= 4 is 0 Å². The lowest BCUT2D eigenvalue weighted by Crippen LogP contribution is -2.43. The molecule has 1 fully saturated rings. The minimum absolute atomic E-state index is 0.0717. The van der Waals surface area contributed by atoms with E-state index in [0.717, 1.165) is 19.4 Å². The minimum atomic E-state index is -0.0851. The van der Waals surface area contributed by atoms with E-state index < -0.39 is 0 Å². The third-order valence-corrected chi connectivity index (χ3v) is 3.78. The Bertz CT molecular complexity index is 363. The molecular weight excluding hydrogens is 226 g/mol. The van der Waals surface area contributed by atoms with Gasteiger partial charge in [-0.1, -0.05) is 0 Å². The Balaban J connectivity index is 2.01. The van der Waals surface area contributed by atoms with Gasteiger partial charge in [0.15, 0.2) is 0 Å². The molecule has 2 rings (SSSR count). The van der Waals surface area contributed by atoms with Crippen molar-refractivity contribution in [3.63, 3.8) is 0 Å². The van der Waals surface area contributed by atoms with Crippen LogP contribution in [-0.2, 0) is 0 Å². The van der Waals surface area contributed by atoms with Crippen LogP contribution >= 0.6 is 0 Å². The van der Waals surface area contributed by atoms with Gasteiger partial charge in [-0.15, -0.1) is 0 Å². The van der Waals surface area contributed by atoms with Crippen LogP contribution in [0.5, 0.6) is 0 Å². The first-order valence-electron chi connectivity index (χ1n) is 6.61. The normalized spacial score (nSPS) is 26.7. The molecule has 18 heavy (non-hydrogen) atoms. The molecule has 1 aromatic heterocycles. The van der Waals surface area contributed by atoms with Crippen LogP contribution in [0.3, 0.4) is 0 Å². The van der Waals surface area contributed by atoms with Crippen LogP contribution in [0.15, 0.2) is 24.5 Å². The number of likely N-dealkylation sites (N-methyl/N-ethyl adjacent to an activating group) is 1. The maximum Gasteiger partial charge on any atom is 0.0546 e. The molecule has 1 aliphatic rings. The number of aromatic nitrogens is 1. The Hall–Kier alpha value is -0.970. The Morgan fingerprint density at radius 3 is 2.56 bits per heavy atom. The summed E-state index contributed by atoms with van der Waals surface area (Å²) in [5.74, 6) is 0.605. The fourth-order valence-electron chi connectivity index (χ4n) is 2.89. The molecule has 0 amide bonds. The van der Waals surface area contributed by atoms with Gasteiger partial charge in [-0.2, -0.15) is 0 Å². The molecule has 100 valence electrons. The van der Waals surface area contributed by atoms with Gasteiger partial charge < -0.3 is 10.8 Å². The first kappa shape index (κ1) is 13.5. The second-order valence-corrected chi connectivity index (χ2v) is 5.52. The van der Waals surface area contributed by atoms with E-state index in [1.165, 1.54) is 5.56 Å². The Morgan fingerprint density at radius 1 is 1.44 bits per heavy atom. The van der Waals surface area contributed by atoms with Crippen LogP contribution < -0.4 is 5.73 Å². The van der Waals surface area contributed by atoms with E-state index in [9.17, 15) is 5.11 Å². The lowest BCUT2D eigenvalue weighted by Gasteiger charge is -2.38. The summed E-state index contributed by atoms with van der Waals surface area (Å²) in [5.41, 5.74) is 7.33. The molecule has 0 saturated heterocycles. The van der Waals surface area contributed by atoms with Gasteiger partial charge in [0.2, 0.25) is 0 Å². The highest BCUT2D eigenvalue weighted by Crippen LogP contribution is 2.30. The SMILES string of the molecule is CC(N)C(c1ccncc1)N(C)CC1CC(O)C1. The van der Waals surface area contributed by atoms with Crippen LogP contribution in [0.1, 0.15) is 31.4 Å². The Kier molecular flexibility index (Phi) is 4.32. The molecule has 3 N–H and O–H groups in total. The molecule has 0 bridgehead atoms. The topological polar surface area (TPSA) is 62.4 Å². The maximum atomic E-state index is 9.34. The molecule has 4 nitrogen and oxygen atoms in total. The average molecular weight is 249 g/mol. The number of aliphatic hydroxyl groups excluding tert-OH is 1. The number of hydrogen-bond acceptors (Lipinski definition) is 4. The van der Waals surface area contributed by atoms with Crippen LogP contribution in [-0.4, -0.2) is 40.7 Å². The summed E-state index contributed by atoms with van der Waals surface area (Å²) in [4.78, 5) is 6.35. The molecule has 1 aromatic rings. The van der Waals surface area contributed by atoms with Gasteiger partial charge in [0, 0.05) is 31.0 Å². The molecule has 0 spiro atoms. The summed E-state index contributed by atoms with van der Waals surface area (Å²) in [6.07, 6.45) is 5.38. The molecule has 0 aliphatic heterocycles. The largest absolute Gasteiger partial charge is 0.393 e. The zero-order valence-electron chi connectivity index (χ0n) is 11.2. The van der Waals surface area contributed by atoms with Gasteiger partial charge in [-0.25, -0.2) is 0 Å². The summed E-state index contributed by atoms with van der Waals surface area (Å²) < 4.78 is 0. The molecule has 0 aromatic carbocycles. The number of hydrogen-bond donors (Lipinski definition) is 2. The fourth-order valence-corrected chi connectivity index (χ4v) is 2.89. The van der Waals surface area contributed by atoms with E-state index in [0.29, 0.717) is 5.92 Å². The average Bonchev–Trinajstić information content (AvgIpc) is 2.28. The van der Waals surface area contributed by atoms with E-state index in [1.54, 1.807) is 0 Å². The number of pyridine rings is 1. The lowest BCUT2D eigenvalue weighted by atomic mass is 9.81.